The molecule has 110 valence electrons. The first-order valence-electron chi connectivity index (χ1n) is 6.14. The summed E-state index contributed by atoms with van der Waals surface area (Å²) in [6.45, 7) is 0.284. The minimum atomic E-state index is -1.02. The van der Waals surface area contributed by atoms with Gasteiger partial charge in [0.15, 0.2) is 0 Å². The van der Waals surface area contributed by atoms with Gasteiger partial charge < -0.3 is 20.3 Å². The Morgan fingerprint density at radius 2 is 2.05 bits per heavy atom. The normalized spacial score (nSPS) is 10.2. The van der Waals surface area contributed by atoms with E-state index in [1.807, 2.05) is 0 Å². The van der Waals surface area contributed by atoms with E-state index >= 15 is 0 Å². The topological polar surface area (TPSA) is 78.8 Å². The highest BCUT2D eigenvalue weighted by atomic mass is 35.5. The molecule has 0 spiro atoms. The van der Waals surface area contributed by atoms with E-state index in [0.717, 1.165) is 0 Å². The van der Waals surface area contributed by atoms with Crippen LogP contribution in [-0.4, -0.2) is 23.3 Å². The van der Waals surface area contributed by atoms with Crippen molar-refractivity contribution in [2.24, 2.45) is 0 Å². The molecule has 2 aromatic rings. The average Bonchev–Trinajstić information content (AvgIpc) is 2.47. The Balaban J connectivity index is 2.24. The number of carboxylic acids is 1. The van der Waals surface area contributed by atoms with Crippen LogP contribution in [0.1, 0.15) is 15.9 Å². The molecule has 21 heavy (non-hydrogen) atoms. The lowest BCUT2D eigenvalue weighted by Crippen LogP contribution is -2.04. The summed E-state index contributed by atoms with van der Waals surface area (Å²) < 4.78 is 5.18. The summed E-state index contributed by atoms with van der Waals surface area (Å²) in [7, 11) is 1.50. The number of halogens is 1. The lowest BCUT2D eigenvalue weighted by molar-refractivity contribution is 0.0697. The Labute approximate surface area is 126 Å². The third kappa shape index (κ3) is 3.58. The van der Waals surface area contributed by atoms with Gasteiger partial charge in [0.25, 0.3) is 0 Å². The van der Waals surface area contributed by atoms with Crippen LogP contribution >= 0.6 is 11.6 Å². The third-order valence-electron chi connectivity index (χ3n) is 2.96. The van der Waals surface area contributed by atoms with Crippen LogP contribution in [0, 0.1) is 0 Å². The molecule has 5 nitrogen and oxygen atoms in total. The fraction of sp³-hybridized carbons (Fsp3) is 0.133. The van der Waals surface area contributed by atoms with E-state index in [2.05, 4.69) is 5.32 Å². The van der Waals surface area contributed by atoms with Gasteiger partial charge in [0.1, 0.15) is 11.5 Å². The summed E-state index contributed by atoms with van der Waals surface area (Å²) in [4.78, 5) is 11.0. The largest absolute Gasteiger partial charge is 0.508 e. The zero-order valence-corrected chi connectivity index (χ0v) is 12.0. The number of carboxylic acid groups (broad SMARTS) is 1. The molecule has 0 saturated heterocycles. The predicted octanol–water partition coefficient (Wildman–Crippen LogP) is 3.36. The molecular weight excluding hydrogens is 294 g/mol. The van der Waals surface area contributed by atoms with Gasteiger partial charge in [-0.3, -0.25) is 0 Å². The minimum Gasteiger partial charge on any atom is -0.508 e. The van der Waals surface area contributed by atoms with E-state index in [0.29, 0.717) is 22.0 Å². The molecular formula is C15H14ClNO4. The number of rotatable bonds is 5. The predicted molar refractivity (Wildman–Crippen MR) is 80.4 cm³/mol. The first-order valence-corrected chi connectivity index (χ1v) is 6.51. The van der Waals surface area contributed by atoms with E-state index in [4.69, 9.17) is 21.4 Å². The number of benzene rings is 2. The third-order valence-corrected chi connectivity index (χ3v) is 3.19. The summed E-state index contributed by atoms with van der Waals surface area (Å²) in [6.07, 6.45) is 0. The van der Waals surface area contributed by atoms with Gasteiger partial charge in [0.2, 0.25) is 0 Å². The van der Waals surface area contributed by atoms with E-state index < -0.39 is 5.97 Å². The molecule has 0 saturated carbocycles. The van der Waals surface area contributed by atoms with Gasteiger partial charge in [0.05, 0.1) is 18.4 Å². The SMILES string of the molecule is COc1ccc(C(=O)O)cc1NCc1cc(Cl)ccc1O. The zero-order valence-electron chi connectivity index (χ0n) is 11.3. The number of aromatic carboxylic acids is 1. The monoisotopic (exact) mass is 307 g/mol. The number of nitrogens with one attached hydrogen (secondary N) is 1. The Hall–Kier alpha value is -2.40. The van der Waals surface area contributed by atoms with Gasteiger partial charge in [0, 0.05) is 17.1 Å². The second kappa shape index (κ2) is 6.37. The molecule has 2 aromatic carbocycles. The van der Waals surface area contributed by atoms with Crippen LogP contribution in [0.4, 0.5) is 5.69 Å². The molecule has 3 N–H and O–H groups in total. The van der Waals surface area contributed by atoms with Crippen LogP contribution in [0.15, 0.2) is 36.4 Å². The highest BCUT2D eigenvalue weighted by Gasteiger charge is 2.10. The molecule has 0 aliphatic rings. The number of ether oxygens (including phenoxy) is 1. The van der Waals surface area contributed by atoms with Crippen LogP contribution in [-0.2, 0) is 6.54 Å². The molecule has 0 radical (unpaired) electrons. The molecule has 0 fully saturated rings. The smallest absolute Gasteiger partial charge is 0.335 e. The summed E-state index contributed by atoms with van der Waals surface area (Å²) in [5.41, 5.74) is 1.27. The molecule has 0 aromatic heterocycles. The molecule has 0 amide bonds. The summed E-state index contributed by atoms with van der Waals surface area (Å²) >= 11 is 5.88. The van der Waals surface area contributed by atoms with E-state index in [1.165, 1.54) is 25.3 Å². The minimum absolute atomic E-state index is 0.111. The van der Waals surface area contributed by atoms with E-state index in [9.17, 15) is 9.90 Å². The van der Waals surface area contributed by atoms with Crippen LogP contribution in [0.3, 0.4) is 0 Å². The van der Waals surface area contributed by atoms with Gasteiger partial charge in [-0.1, -0.05) is 11.6 Å². The van der Waals surface area contributed by atoms with Crippen molar-refractivity contribution in [3.63, 3.8) is 0 Å². The van der Waals surface area contributed by atoms with Gasteiger partial charge in [-0.25, -0.2) is 4.79 Å². The van der Waals surface area contributed by atoms with E-state index in [1.54, 1.807) is 18.2 Å². The molecule has 0 aliphatic heterocycles. The number of hydrogen-bond donors (Lipinski definition) is 3. The number of hydrogen-bond acceptors (Lipinski definition) is 4. The second-order valence-corrected chi connectivity index (χ2v) is 4.78. The lowest BCUT2D eigenvalue weighted by Gasteiger charge is -2.13. The van der Waals surface area contributed by atoms with Crippen LogP contribution in [0.5, 0.6) is 11.5 Å². The Morgan fingerprint density at radius 1 is 1.29 bits per heavy atom. The molecule has 0 bridgehead atoms. The molecule has 0 aliphatic carbocycles. The number of methoxy groups -OCH3 is 1. The number of anilines is 1. The number of phenols is 1. The molecule has 6 heteroatoms. The maximum atomic E-state index is 11.0. The highest BCUT2D eigenvalue weighted by molar-refractivity contribution is 6.30. The van der Waals surface area contributed by atoms with E-state index in [-0.39, 0.29) is 17.9 Å². The number of aromatic hydroxyl groups is 1. The van der Waals surface area contributed by atoms with Crippen LogP contribution < -0.4 is 10.1 Å². The lowest BCUT2D eigenvalue weighted by atomic mass is 10.1. The molecule has 2 rings (SSSR count). The van der Waals surface area contributed by atoms with Crippen LogP contribution in [0.25, 0.3) is 0 Å². The number of phenolic OH excluding ortho intramolecular Hbond substituents is 1. The highest BCUT2D eigenvalue weighted by Crippen LogP contribution is 2.28. The summed E-state index contributed by atoms with van der Waals surface area (Å²) in [5.74, 6) is -0.395. The molecule has 0 unspecified atom stereocenters. The zero-order chi connectivity index (χ0) is 15.4. The van der Waals surface area contributed by atoms with Crippen molar-refractivity contribution in [2.75, 3.05) is 12.4 Å². The van der Waals surface area contributed by atoms with Crippen molar-refractivity contribution in [1.82, 2.24) is 0 Å². The summed E-state index contributed by atoms with van der Waals surface area (Å²) in [6, 6.07) is 9.24. The second-order valence-electron chi connectivity index (χ2n) is 4.35. The first kappa shape index (κ1) is 15.0. The quantitative estimate of drug-likeness (QED) is 0.789. The van der Waals surface area contributed by atoms with Crippen molar-refractivity contribution in [2.45, 2.75) is 6.54 Å². The molecule has 0 heterocycles. The van der Waals surface area contributed by atoms with Gasteiger partial charge in [-0.15, -0.1) is 0 Å². The van der Waals surface area contributed by atoms with Crippen molar-refractivity contribution >= 4 is 23.3 Å². The van der Waals surface area contributed by atoms with Crippen molar-refractivity contribution in [3.05, 3.63) is 52.5 Å². The maximum absolute atomic E-state index is 11.0. The van der Waals surface area contributed by atoms with Crippen molar-refractivity contribution in [1.29, 1.82) is 0 Å². The Morgan fingerprint density at radius 3 is 2.71 bits per heavy atom. The number of carbonyl (C=O) groups is 1. The fourth-order valence-electron chi connectivity index (χ4n) is 1.87. The first-order chi connectivity index (χ1) is 10.0. The van der Waals surface area contributed by atoms with Crippen molar-refractivity contribution in [3.8, 4) is 11.5 Å². The van der Waals surface area contributed by atoms with Gasteiger partial charge in [-0.05, 0) is 36.4 Å². The fourth-order valence-corrected chi connectivity index (χ4v) is 2.06. The Bertz CT molecular complexity index is 673. The maximum Gasteiger partial charge on any atom is 0.335 e. The Kier molecular flexibility index (Phi) is 4.55. The average molecular weight is 308 g/mol. The van der Waals surface area contributed by atoms with Crippen molar-refractivity contribution < 1.29 is 19.7 Å². The van der Waals surface area contributed by atoms with Gasteiger partial charge >= 0.3 is 5.97 Å². The van der Waals surface area contributed by atoms with Crippen LogP contribution in [0.2, 0.25) is 5.02 Å². The molecule has 0 atom stereocenters. The summed E-state index contributed by atoms with van der Waals surface area (Å²) in [5, 5.41) is 22.3. The van der Waals surface area contributed by atoms with Gasteiger partial charge in [-0.2, -0.15) is 0 Å². The standard InChI is InChI=1S/C15H14ClNO4/c1-21-14-5-2-9(15(19)20)7-12(14)17-8-10-6-11(16)3-4-13(10)18/h2-7,17-18H,8H2,1H3,(H,19,20).